The van der Waals surface area contributed by atoms with Crippen molar-refractivity contribution in [1.82, 2.24) is 0 Å². The summed E-state index contributed by atoms with van der Waals surface area (Å²) >= 11 is -3.74. The summed E-state index contributed by atoms with van der Waals surface area (Å²) in [6, 6.07) is 0. The van der Waals surface area contributed by atoms with Crippen LogP contribution in [-0.2, 0) is 35.9 Å². The van der Waals surface area contributed by atoms with E-state index >= 15 is 0 Å². The van der Waals surface area contributed by atoms with Gasteiger partial charge in [-0.2, -0.15) is 0 Å². The van der Waals surface area contributed by atoms with Gasteiger partial charge in [-0.1, -0.05) is 0 Å². The number of hydrogen-bond donors (Lipinski definition) is 0. The summed E-state index contributed by atoms with van der Waals surface area (Å²) < 4.78 is 15.1. The van der Waals surface area contributed by atoms with Crippen molar-refractivity contribution in [3.05, 3.63) is 0 Å². The molecule has 0 aliphatic heterocycles. The second kappa shape index (κ2) is 7.66. The van der Waals surface area contributed by atoms with Gasteiger partial charge in [0, 0.05) is 0 Å². The predicted molar refractivity (Wildman–Crippen MR) is 64.0 cm³/mol. The van der Waals surface area contributed by atoms with Crippen LogP contribution in [0, 0.1) is 0 Å². The van der Waals surface area contributed by atoms with Gasteiger partial charge in [-0.3, -0.25) is 0 Å². The van der Waals surface area contributed by atoms with Crippen LogP contribution in [0.15, 0.2) is 0 Å². The molecule has 0 atom stereocenters. The minimum absolute atomic E-state index is 1.36. The summed E-state index contributed by atoms with van der Waals surface area (Å²) in [6.45, 7) is 14.2. The normalized spacial score (nSPS) is 13.2. The summed E-state index contributed by atoms with van der Waals surface area (Å²) in [5.74, 6) is 0. The zero-order valence-electron chi connectivity index (χ0n) is 11.7. The first-order chi connectivity index (χ1) is 7.07. The SMILES string of the molecule is C[CH2][Ti]([CH2]C)([CH2]C)[O][Ti]([CH2]C)([CH2]C)[CH2]C. The second-order valence-corrected chi connectivity index (χ2v) is 20.2. The van der Waals surface area contributed by atoms with E-state index in [2.05, 4.69) is 41.5 Å². The summed E-state index contributed by atoms with van der Waals surface area (Å²) in [7, 11) is 0. The molecule has 0 amide bonds. The molecule has 0 bridgehead atoms. The van der Waals surface area contributed by atoms with Crippen molar-refractivity contribution in [3.63, 3.8) is 0 Å². The average Bonchev–Trinajstić information content (AvgIpc) is 2.33. The molecular formula is C12H30OTi2. The van der Waals surface area contributed by atoms with Crippen LogP contribution >= 0.6 is 0 Å². The molecule has 0 saturated heterocycles. The van der Waals surface area contributed by atoms with Crippen LogP contribution < -0.4 is 0 Å². The van der Waals surface area contributed by atoms with Crippen LogP contribution in [0.2, 0.25) is 28.4 Å². The molecule has 0 aliphatic rings. The molecule has 0 aromatic carbocycles. The Kier molecular flexibility index (Phi) is 8.37. The molecule has 0 heterocycles. The molecule has 0 spiro atoms. The van der Waals surface area contributed by atoms with Gasteiger partial charge in [0.2, 0.25) is 0 Å². The molecule has 0 aliphatic carbocycles. The fourth-order valence-electron chi connectivity index (χ4n) is 2.39. The zero-order chi connectivity index (χ0) is 11.9. The number of rotatable bonds is 8. The zero-order valence-corrected chi connectivity index (χ0v) is 14.8. The van der Waals surface area contributed by atoms with E-state index < -0.39 is 34.0 Å². The van der Waals surface area contributed by atoms with Gasteiger partial charge in [-0.15, -0.1) is 0 Å². The van der Waals surface area contributed by atoms with Crippen LogP contribution in [0.5, 0.6) is 0 Å². The van der Waals surface area contributed by atoms with Crippen molar-refractivity contribution in [2.24, 2.45) is 0 Å². The molecule has 0 aromatic heterocycles. The monoisotopic (exact) mass is 286 g/mol. The molecule has 3 heteroatoms. The molecule has 92 valence electrons. The Balaban J connectivity index is 4.74. The molecule has 1 nitrogen and oxygen atoms in total. The summed E-state index contributed by atoms with van der Waals surface area (Å²) in [6.07, 6.45) is 0. The molecule has 0 saturated carbocycles. The molecule has 15 heavy (non-hydrogen) atoms. The molecule has 0 fully saturated rings. The third-order valence-electron chi connectivity index (χ3n) is 4.30. The van der Waals surface area contributed by atoms with Crippen molar-refractivity contribution in [1.29, 1.82) is 0 Å². The maximum atomic E-state index is 6.90. The van der Waals surface area contributed by atoms with Crippen molar-refractivity contribution in [2.75, 3.05) is 0 Å². The van der Waals surface area contributed by atoms with E-state index in [4.69, 9.17) is 1.90 Å². The fraction of sp³-hybridized carbons (Fsp3) is 1.00. The Hall–Kier alpha value is 1.39. The molecule has 0 rings (SSSR count). The van der Waals surface area contributed by atoms with Crippen molar-refractivity contribution in [3.8, 4) is 0 Å². The average molecular weight is 286 g/mol. The van der Waals surface area contributed by atoms with E-state index in [1.165, 1.54) is 28.4 Å². The Morgan fingerprint density at radius 1 is 0.533 bits per heavy atom. The topological polar surface area (TPSA) is 9.23 Å². The molecular weight excluding hydrogens is 256 g/mol. The molecule has 0 radical (unpaired) electrons. The summed E-state index contributed by atoms with van der Waals surface area (Å²) in [5, 5.41) is 0. The van der Waals surface area contributed by atoms with Gasteiger partial charge in [0.15, 0.2) is 0 Å². The van der Waals surface area contributed by atoms with Crippen LogP contribution in [0.1, 0.15) is 41.5 Å². The van der Waals surface area contributed by atoms with Crippen molar-refractivity contribution in [2.45, 2.75) is 69.9 Å². The van der Waals surface area contributed by atoms with E-state index in [-0.39, 0.29) is 0 Å². The van der Waals surface area contributed by atoms with Gasteiger partial charge in [0.05, 0.1) is 0 Å². The van der Waals surface area contributed by atoms with E-state index in [0.717, 1.165) is 0 Å². The van der Waals surface area contributed by atoms with E-state index in [1.807, 2.05) is 0 Å². The van der Waals surface area contributed by atoms with E-state index in [9.17, 15) is 0 Å². The fourth-order valence-corrected chi connectivity index (χ4v) is 21.4. The van der Waals surface area contributed by atoms with Gasteiger partial charge in [-0.25, -0.2) is 0 Å². The predicted octanol–water partition coefficient (Wildman–Crippen LogP) is 5.77. The minimum atomic E-state index is -1.87. The van der Waals surface area contributed by atoms with Crippen LogP contribution in [0.4, 0.5) is 0 Å². The van der Waals surface area contributed by atoms with Crippen LogP contribution in [-0.4, -0.2) is 0 Å². The first-order valence-electron chi connectivity index (χ1n) is 6.77. The first-order valence-corrected chi connectivity index (χ1v) is 14.7. The maximum absolute atomic E-state index is 6.90. The van der Waals surface area contributed by atoms with E-state index in [0.29, 0.717) is 0 Å². The van der Waals surface area contributed by atoms with Gasteiger partial charge in [0.25, 0.3) is 0 Å². The van der Waals surface area contributed by atoms with Gasteiger partial charge < -0.3 is 0 Å². The van der Waals surface area contributed by atoms with Gasteiger partial charge >= 0.3 is 106 Å². The third kappa shape index (κ3) is 4.28. The standard InChI is InChI=1S/6C2H5.O.2Ti/c6*1-2;;;/h6*1H2,2H3;;;. The summed E-state index contributed by atoms with van der Waals surface area (Å²) in [5.41, 5.74) is 0. The second-order valence-electron chi connectivity index (χ2n) is 4.59. The van der Waals surface area contributed by atoms with Crippen LogP contribution in [0.3, 0.4) is 0 Å². The summed E-state index contributed by atoms with van der Waals surface area (Å²) in [4.78, 5) is 0. The Morgan fingerprint density at radius 2 is 0.733 bits per heavy atom. The quantitative estimate of drug-likeness (QED) is 0.515. The Labute approximate surface area is 105 Å². The van der Waals surface area contributed by atoms with Crippen molar-refractivity contribution < 1.29 is 35.9 Å². The van der Waals surface area contributed by atoms with Crippen LogP contribution in [0.25, 0.3) is 0 Å². The Bertz CT molecular complexity index is 128. The van der Waals surface area contributed by atoms with E-state index in [1.54, 1.807) is 0 Å². The van der Waals surface area contributed by atoms with Gasteiger partial charge in [0.1, 0.15) is 0 Å². The molecule has 0 N–H and O–H groups in total. The first kappa shape index (κ1) is 16.4. The number of hydrogen-bond acceptors (Lipinski definition) is 1. The van der Waals surface area contributed by atoms with Gasteiger partial charge in [-0.05, 0) is 0 Å². The molecule has 0 unspecified atom stereocenters. The Morgan fingerprint density at radius 3 is 0.867 bits per heavy atom. The third-order valence-corrected chi connectivity index (χ3v) is 23.3. The van der Waals surface area contributed by atoms with Crippen molar-refractivity contribution >= 4 is 0 Å². The molecule has 0 aromatic rings.